The highest BCUT2D eigenvalue weighted by atomic mass is 16.2. The summed E-state index contributed by atoms with van der Waals surface area (Å²) < 4.78 is 0. The van der Waals surface area contributed by atoms with Gasteiger partial charge in [0, 0.05) is 42.5 Å². The summed E-state index contributed by atoms with van der Waals surface area (Å²) >= 11 is 0. The number of nitrogens with zero attached hydrogens (tertiary/aromatic N) is 3. The lowest BCUT2D eigenvalue weighted by Gasteiger charge is -2.30. The summed E-state index contributed by atoms with van der Waals surface area (Å²) in [6.07, 6.45) is 2.70. The van der Waals surface area contributed by atoms with Crippen molar-refractivity contribution < 1.29 is 9.59 Å². The maximum atomic E-state index is 13.1. The molecule has 2 heterocycles. The van der Waals surface area contributed by atoms with Crippen LogP contribution in [-0.2, 0) is 0 Å². The molecule has 0 saturated heterocycles. The molecular formula is C26H29N5O2. The Morgan fingerprint density at radius 3 is 2.52 bits per heavy atom. The zero-order chi connectivity index (χ0) is 23.2. The van der Waals surface area contributed by atoms with E-state index in [2.05, 4.69) is 20.5 Å². The number of fused-ring (bicyclic) bond motifs is 1. The average molecular weight is 444 g/mol. The van der Waals surface area contributed by atoms with Gasteiger partial charge in [0.25, 0.3) is 11.8 Å². The second-order valence-electron chi connectivity index (χ2n) is 8.33. The number of nitrogens with one attached hydrogen (secondary N) is 2. The first-order valence-corrected chi connectivity index (χ1v) is 11.2. The smallest absolute Gasteiger partial charge is 0.258 e. The second kappa shape index (κ2) is 10.3. The Balaban J connectivity index is 1.50. The van der Waals surface area contributed by atoms with Gasteiger partial charge in [-0.1, -0.05) is 30.3 Å². The Kier molecular flexibility index (Phi) is 7.00. The first kappa shape index (κ1) is 22.5. The molecule has 0 aliphatic carbocycles. The summed E-state index contributed by atoms with van der Waals surface area (Å²) in [5.41, 5.74) is 3.86. The first-order chi connectivity index (χ1) is 16.0. The minimum Gasteiger partial charge on any atom is -0.367 e. The molecule has 0 fully saturated rings. The molecule has 1 aliphatic heterocycles. The number of hydrogen-bond acceptors (Lipinski definition) is 5. The van der Waals surface area contributed by atoms with E-state index in [9.17, 15) is 9.59 Å². The molecule has 33 heavy (non-hydrogen) atoms. The molecule has 2 N–H and O–H groups in total. The largest absolute Gasteiger partial charge is 0.367 e. The van der Waals surface area contributed by atoms with Gasteiger partial charge in [-0.2, -0.15) is 0 Å². The Labute approximate surface area is 194 Å². The van der Waals surface area contributed by atoms with Gasteiger partial charge in [-0.25, -0.2) is 4.98 Å². The topological polar surface area (TPSA) is 77.6 Å². The fourth-order valence-corrected chi connectivity index (χ4v) is 3.82. The number of benzene rings is 2. The number of pyridine rings is 1. The van der Waals surface area contributed by atoms with Crippen molar-refractivity contribution in [2.24, 2.45) is 0 Å². The van der Waals surface area contributed by atoms with Crippen molar-refractivity contribution in [3.8, 4) is 11.1 Å². The fourth-order valence-electron chi connectivity index (χ4n) is 3.82. The fraction of sp³-hybridized carbons (Fsp3) is 0.269. The molecule has 2 aromatic carbocycles. The predicted octanol–water partition coefficient (Wildman–Crippen LogP) is 3.50. The summed E-state index contributed by atoms with van der Waals surface area (Å²) in [7, 11) is 4.03. The molecule has 7 nitrogen and oxygen atoms in total. The summed E-state index contributed by atoms with van der Waals surface area (Å²) in [6, 6.07) is 18.7. The van der Waals surface area contributed by atoms with Crippen LogP contribution < -0.4 is 15.5 Å². The van der Waals surface area contributed by atoms with Crippen LogP contribution in [0.2, 0.25) is 0 Å². The van der Waals surface area contributed by atoms with Crippen molar-refractivity contribution in [1.82, 2.24) is 15.2 Å². The van der Waals surface area contributed by atoms with Gasteiger partial charge in [0.05, 0.1) is 5.69 Å². The lowest BCUT2D eigenvalue weighted by atomic mass is 10.0. The third kappa shape index (κ3) is 5.38. The number of rotatable bonds is 7. The maximum Gasteiger partial charge on any atom is 0.258 e. The third-order valence-corrected chi connectivity index (χ3v) is 5.60. The lowest BCUT2D eigenvalue weighted by molar-refractivity contribution is 0.0950. The molecule has 0 spiro atoms. The number of anilines is 2. The molecule has 4 rings (SSSR count). The number of amides is 2. The van der Waals surface area contributed by atoms with Crippen molar-refractivity contribution >= 4 is 23.3 Å². The average Bonchev–Trinajstić information content (AvgIpc) is 2.86. The van der Waals surface area contributed by atoms with Crippen LogP contribution in [0.5, 0.6) is 0 Å². The Morgan fingerprint density at radius 2 is 1.79 bits per heavy atom. The predicted molar refractivity (Wildman–Crippen MR) is 132 cm³/mol. The summed E-state index contributed by atoms with van der Waals surface area (Å²) in [4.78, 5) is 33.9. The van der Waals surface area contributed by atoms with Gasteiger partial charge < -0.3 is 20.4 Å². The van der Waals surface area contributed by atoms with Gasteiger partial charge in [-0.3, -0.25) is 9.59 Å². The van der Waals surface area contributed by atoms with Crippen molar-refractivity contribution in [3.05, 3.63) is 78.0 Å². The van der Waals surface area contributed by atoms with Gasteiger partial charge in [0.1, 0.15) is 5.82 Å². The lowest BCUT2D eigenvalue weighted by Crippen LogP contribution is -2.39. The molecule has 170 valence electrons. The van der Waals surface area contributed by atoms with Gasteiger partial charge in [-0.15, -0.1) is 0 Å². The van der Waals surface area contributed by atoms with E-state index in [0.29, 0.717) is 36.6 Å². The maximum absolute atomic E-state index is 13.1. The zero-order valence-corrected chi connectivity index (χ0v) is 19.0. The minimum atomic E-state index is -0.0762. The molecule has 0 radical (unpaired) electrons. The van der Waals surface area contributed by atoms with Crippen molar-refractivity contribution in [2.75, 3.05) is 50.5 Å². The van der Waals surface area contributed by atoms with Crippen LogP contribution in [0.1, 0.15) is 27.1 Å². The van der Waals surface area contributed by atoms with Crippen LogP contribution in [0.15, 0.2) is 66.9 Å². The van der Waals surface area contributed by atoms with Crippen LogP contribution in [0.4, 0.5) is 11.5 Å². The summed E-state index contributed by atoms with van der Waals surface area (Å²) in [5, 5.41) is 6.23. The Morgan fingerprint density at radius 1 is 1.03 bits per heavy atom. The van der Waals surface area contributed by atoms with E-state index in [-0.39, 0.29) is 11.8 Å². The van der Waals surface area contributed by atoms with E-state index in [1.807, 2.05) is 74.8 Å². The van der Waals surface area contributed by atoms with Crippen molar-refractivity contribution in [3.63, 3.8) is 0 Å². The molecule has 0 unspecified atom stereocenters. The second-order valence-corrected chi connectivity index (χ2v) is 8.33. The molecule has 0 saturated carbocycles. The molecule has 0 bridgehead atoms. The van der Waals surface area contributed by atoms with Crippen LogP contribution in [0, 0.1) is 0 Å². The molecular weight excluding hydrogens is 414 g/mol. The van der Waals surface area contributed by atoms with E-state index in [4.69, 9.17) is 0 Å². The first-order valence-electron chi connectivity index (χ1n) is 11.2. The van der Waals surface area contributed by atoms with Gasteiger partial charge in [-0.05, 0) is 63.0 Å². The van der Waals surface area contributed by atoms with Crippen molar-refractivity contribution in [1.29, 1.82) is 0 Å². The van der Waals surface area contributed by atoms with Crippen LogP contribution in [-0.4, -0.2) is 62.0 Å². The number of carbonyl (C=O) groups is 2. The van der Waals surface area contributed by atoms with E-state index in [0.717, 1.165) is 29.8 Å². The van der Waals surface area contributed by atoms with Crippen LogP contribution in [0.3, 0.4) is 0 Å². The van der Waals surface area contributed by atoms with E-state index in [1.165, 1.54) is 0 Å². The third-order valence-electron chi connectivity index (χ3n) is 5.60. The number of hydrogen-bond donors (Lipinski definition) is 2. The van der Waals surface area contributed by atoms with Gasteiger partial charge in [0.15, 0.2) is 0 Å². The Bertz CT molecular complexity index is 1110. The number of aromatic nitrogens is 1. The van der Waals surface area contributed by atoms with E-state index >= 15 is 0 Å². The highest BCUT2D eigenvalue weighted by Crippen LogP contribution is 2.32. The molecule has 0 atom stereocenters. The summed E-state index contributed by atoms with van der Waals surface area (Å²) in [6.45, 7) is 2.80. The molecule has 7 heteroatoms. The minimum absolute atomic E-state index is 0.0430. The molecule has 1 aliphatic rings. The van der Waals surface area contributed by atoms with E-state index in [1.54, 1.807) is 11.1 Å². The highest BCUT2D eigenvalue weighted by Gasteiger charge is 2.25. The van der Waals surface area contributed by atoms with Gasteiger partial charge in [0.2, 0.25) is 0 Å². The molecule has 3 aromatic rings. The Hall–Kier alpha value is -3.71. The normalized spacial score (nSPS) is 12.8. The standard InChI is InChI=1S/C26H29N5O2/c1-30(2)15-6-13-28-25(32)20-11-9-19(10-12-20)22-17-23-24(29-18-22)27-14-16-31(23)26(33)21-7-4-3-5-8-21/h3-5,7-12,17-18H,6,13-16H2,1-2H3,(H,27,29)(H,28,32). The van der Waals surface area contributed by atoms with Crippen molar-refractivity contribution in [2.45, 2.75) is 6.42 Å². The zero-order valence-electron chi connectivity index (χ0n) is 19.0. The van der Waals surface area contributed by atoms with Crippen LogP contribution in [0.25, 0.3) is 11.1 Å². The van der Waals surface area contributed by atoms with Gasteiger partial charge >= 0.3 is 0 Å². The quantitative estimate of drug-likeness (QED) is 0.547. The monoisotopic (exact) mass is 443 g/mol. The highest BCUT2D eigenvalue weighted by molar-refractivity contribution is 6.08. The number of carbonyl (C=O) groups excluding carboxylic acids is 2. The van der Waals surface area contributed by atoms with Crippen LogP contribution >= 0.6 is 0 Å². The van der Waals surface area contributed by atoms with E-state index < -0.39 is 0 Å². The SMILES string of the molecule is CN(C)CCCNC(=O)c1ccc(-c2cnc3c(c2)N(C(=O)c2ccccc2)CCN3)cc1. The molecule has 2 amide bonds. The molecule has 1 aromatic heterocycles. The summed E-state index contributed by atoms with van der Waals surface area (Å²) in [5.74, 6) is 0.578.